The molecule has 1 saturated heterocycles. The molecular formula is C8H14O3. The lowest BCUT2D eigenvalue weighted by Gasteiger charge is -2.15. The Labute approximate surface area is 66.7 Å². The van der Waals surface area contributed by atoms with E-state index in [0.29, 0.717) is 18.4 Å². The molecule has 1 aliphatic heterocycles. The number of hydrogen-bond donors (Lipinski definition) is 0. The molecular weight excluding hydrogens is 144 g/mol. The first-order chi connectivity index (χ1) is 5.11. The lowest BCUT2D eigenvalue weighted by Crippen LogP contribution is -2.21. The summed E-state index contributed by atoms with van der Waals surface area (Å²) in [6, 6.07) is 0. The van der Waals surface area contributed by atoms with Crippen molar-refractivity contribution in [2.45, 2.75) is 27.1 Å². The molecule has 0 aromatic heterocycles. The molecule has 0 amide bonds. The highest BCUT2D eigenvalue weighted by Gasteiger charge is 2.32. The van der Waals surface area contributed by atoms with E-state index in [1.54, 1.807) is 0 Å². The molecule has 3 unspecified atom stereocenters. The minimum Gasteiger partial charge on any atom is -0.436 e. The normalized spacial score (nSPS) is 37.2. The molecule has 1 aliphatic rings. The van der Waals surface area contributed by atoms with Crippen molar-refractivity contribution in [2.75, 3.05) is 6.61 Å². The van der Waals surface area contributed by atoms with E-state index >= 15 is 0 Å². The van der Waals surface area contributed by atoms with Gasteiger partial charge >= 0.3 is 5.97 Å². The van der Waals surface area contributed by atoms with Gasteiger partial charge < -0.3 is 9.47 Å². The maximum Gasteiger partial charge on any atom is 0.304 e. The van der Waals surface area contributed by atoms with Crippen molar-refractivity contribution in [1.29, 1.82) is 0 Å². The number of hydrogen-bond acceptors (Lipinski definition) is 3. The summed E-state index contributed by atoms with van der Waals surface area (Å²) in [5, 5.41) is 0. The first kappa shape index (κ1) is 8.53. The van der Waals surface area contributed by atoms with Crippen molar-refractivity contribution in [3.05, 3.63) is 0 Å². The first-order valence-corrected chi connectivity index (χ1v) is 3.90. The van der Waals surface area contributed by atoms with Crippen molar-refractivity contribution in [2.24, 2.45) is 11.8 Å². The fourth-order valence-corrected chi connectivity index (χ4v) is 1.12. The van der Waals surface area contributed by atoms with E-state index in [1.165, 1.54) is 6.92 Å². The summed E-state index contributed by atoms with van der Waals surface area (Å²) < 4.78 is 10.2. The van der Waals surface area contributed by atoms with Crippen LogP contribution < -0.4 is 0 Å². The molecule has 0 aromatic rings. The lowest BCUT2D eigenvalue weighted by molar-refractivity contribution is -0.172. The van der Waals surface area contributed by atoms with Crippen LogP contribution in [0.1, 0.15) is 20.8 Å². The number of carbonyl (C=O) groups excluding carboxylic acids is 1. The van der Waals surface area contributed by atoms with E-state index in [1.807, 2.05) is 6.92 Å². The fraction of sp³-hybridized carbons (Fsp3) is 0.875. The van der Waals surface area contributed by atoms with E-state index in [-0.39, 0.29) is 12.3 Å². The second-order valence-corrected chi connectivity index (χ2v) is 3.15. The molecule has 1 rings (SSSR count). The average Bonchev–Trinajstić information content (AvgIpc) is 2.18. The van der Waals surface area contributed by atoms with Crippen LogP contribution in [0, 0.1) is 11.8 Å². The maximum absolute atomic E-state index is 10.5. The third kappa shape index (κ3) is 1.93. The highest BCUT2D eigenvalue weighted by atomic mass is 16.7. The summed E-state index contributed by atoms with van der Waals surface area (Å²) in [5.74, 6) is 0.536. The second-order valence-electron chi connectivity index (χ2n) is 3.15. The summed E-state index contributed by atoms with van der Waals surface area (Å²) in [7, 11) is 0. The van der Waals surface area contributed by atoms with Crippen LogP contribution in [0.4, 0.5) is 0 Å². The van der Waals surface area contributed by atoms with Gasteiger partial charge in [0.2, 0.25) is 6.29 Å². The predicted molar refractivity (Wildman–Crippen MR) is 39.8 cm³/mol. The van der Waals surface area contributed by atoms with E-state index < -0.39 is 0 Å². The lowest BCUT2D eigenvalue weighted by atomic mass is 9.99. The summed E-state index contributed by atoms with van der Waals surface area (Å²) in [4.78, 5) is 10.5. The molecule has 1 heterocycles. The Kier molecular flexibility index (Phi) is 2.49. The van der Waals surface area contributed by atoms with E-state index in [9.17, 15) is 4.79 Å². The maximum atomic E-state index is 10.5. The molecule has 1 fully saturated rings. The summed E-state index contributed by atoms with van der Waals surface area (Å²) in [6.45, 7) is 6.22. The van der Waals surface area contributed by atoms with Crippen molar-refractivity contribution in [1.82, 2.24) is 0 Å². The zero-order valence-electron chi connectivity index (χ0n) is 7.16. The molecule has 0 saturated carbocycles. The van der Waals surface area contributed by atoms with Crippen LogP contribution in [-0.4, -0.2) is 18.9 Å². The van der Waals surface area contributed by atoms with Gasteiger partial charge in [-0.05, 0) is 5.92 Å². The van der Waals surface area contributed by atoms with Gasteiger partial charge in [0.1, 0.15) is 0 Å². The number of ether oxygens (including phenoxy) is 2. The average molecular weight is 158 g/mol. The van der Waals surface area contributed by atoms with Gasteiger partial charge in [-0.25, -0.2) is 0 Å². The van der Waals surface area contributed by atoms with Crippen LogP contribution in [0.15, 0.2) is 0 Å². The summed E-state index contributed by atoms with van der Waals surface area (Å²) in [6.07, 6.45) is -0.317. The van der Waals surface area contributed by atoms with Crippen molar-refractivity contribution < 1.29 is 14.3 Å². The minimum atomic E-state index is -0.317. The molecule has 0 N–H and O–H groups in total. The molecule has 3 nitrogen and oxygen atoms in total. The largest absolute Gasteiger partial charge is 0.436 e. The Morgan fingerprint density at radius 1 is 1.55 bits per heavy atom. The molecule has 3 heteroatoms. The van der Waals surface area contributed by atoms with Crippen LogP contribution in [-0.2, 0) is 14.3 Å². The molecule has 0 spiro atoms. The Balaban J connectivity index is 2.42. The predicted octanol–water partition coefficient (Wildman–Crippen LogP) is 1.18. The molecule has 0 radical (unpaired) electrons. The molecule has 0 aromatic carbocycles. The highest BCUT2D eigenvalue weighted by Crippen LogP contribution is 2.26. The SMILES string of the molecule is CC(=O)OC1OCC(C)C1C. The third-order valence-corrected chi connectivity index (χ3v) is 2.13. The highest BCUT2D eigenvalue weighted by molar-refractivity contribution is 5.66. The van der Waals surface area contributed by atoms with Crippen LogP contribution in [0.5, 0.6) is 0 Å². The fourth-order valence-electron chi connectivity index (χ4n) is 1.12. The Hall–Kier alpha value is -0.570. The van der Waals surface area contributed by atoms with Gasteiger partial charge in [-0.3, -0.25) is 4.79 Å². The van der Waals surface area contributed by atoms with Gasteiger partial charge in [0.15, 0.2) is 0 Å². The topological polar surface area (TPSA) is 35.5 Å². The number of rotatable bonds is 1. The first-order valence-electron chi connectivity index (χ1n) is 3.90. The van der Waals surface area contributed by atoms with Gasteiger partial charge in [0.05, 0.1) is 6.61 Å². The molecule has 11 heavy (non-hydrogen) atoms. The van der Waals surface area contributed by atoms with Crippen LogP contribution >= 0.6 is 0 Å². The quantitative estimate of drug-likeness (QED) is 0.537. The zero-order chi connectivity index (χ0) is 8.43. The Morgan fingerprint density at radius 3 is 2.55 bits per heavy atom. The van der Waals surface area contributed by atoms with Crippen molar-refractivity contribution in [3.8, 4) is 0 Å². The van der Waals surface area contributed by atoms with Crippen LogP contribution in [0.3, 0.4) is 0 Å². The Bertz CT molecular complexity index is 155. The van der Waals surface area contributed by atoms with Gasteiger partial charge in [0, 0.05) is 12.8 Å². The standard InChI is InChI=1S/C8H14O3/c1-5-4-10-8(6(5)2)11-7(3)9/h5-6,8H,4H2,1-3H3. The Morgan fingerprint density at radius 2 is 2.18 bits per heavy atom. The smallest absolute Gasteiger partial charge is 0.304 e. The second kappa shape index (κ2) is 3.22. The van der Waals surface area contributed by atoms with Crippen LogP contribution in [0.25, 0.3) is 0 Å². The number of esters is 1. The monoisotopic (exact) mass is 158 g/mol. The zero-order valence-corrected chi connectivity index (χ0v) is 7.16. The van der Waals surface area contributed by atoms with Crippen LogP contribution in [0.2, 0.25) is 0 Å². The van der Waals surface area contributed by atoms with E-state index in [2.05, 4.69) is 6.92 Å². The van der Waals surface area contributed by atoms with Gasteiger partial charge in [-0.2, -0.15) is 0 Å². The van der Waals surface area contributed by atoms with Gasteiger partial charge in [-0.1, -0.05) is 13.8 Å². The summed E-state index contributed by atoms with van der Waals surface area (Å²) >= 11 is 0. The molecule has 0 bridgehead atoms. The van der Waals surface area contributed by atoms with Crippen molar-refractivity contribution in [3.63, 3.8) is 0 Å². The van der Waals surface area contributed by atoms with Gasteiger partial charge in [-0.15, -0.1) is 0 Å². The van der Waals surface area contributed by atoms with E-state index in [0.717, 1.165) is 0 Å². The van der Waals surface area contributed by atoms with Gasteiger partial charge in [0.25, 0.3) is 0 Å². The minimum absolute atomic E-state index is 0.268. The molecule has 3 atom stereocenters. The summed E-state index contributed by atoms with van der Waals surface area (Å²) in [5.41, 5.74) is 0. The van der Waals surface area contributed by atoms with E-state index in [4.69, 9.17) is 9.47 Å². The molecule has 64 valence electrons. The third-order valence-electron chi connectivity index (χ3n) is 2.13. The number of carbonyl (C=O) groups is 1. The van der Waals surface area contributed by atoms with Crippen molar-refractivity contribution >= 4 is 5.97 Å². The molecule has 0 aliphatic carbocycles.